The van der Waals surface area contributed by atoms with Crippen molar-refractivity contribution < 1.29 is 13.2 Å². The number of nitrogens with zero attached hydrogens (tertiary/aromatic N) is 1. The molecule has 96 valence electrons. The highest BCUT2D eigenvalue weighted by molar-refractivity contribution is 5.79. The summed E-state index contributed by atoms with van der Waals surface area (Å²) in [6.07, 6.45) is -3.40. The molecule has 1 unspecified atom stereocenters. The molecule has 2 aromatic rings. The first-order chi connectivity index (χ1) is 8.49. The second kappa shape index (κ2) is 4.94. The van der Waals surface area contributed by atoms with Gasteiger partial charge in [0.05, 0.1) is 11.9 Å². The van der Waals surface area contributed by atoms with Crippen molar-refractivity contribution in [3.05, 3.63) is 42.1 Å². The van der Waals surface area contributed by atoms with Gasteiger partial charge in [-0.25, -0.2) is 0 Å². The summed E-state index contributed by atoms with van der Waals surface area (Å²) in [6, 6.07) is 8.05. The summed E-state index contributed by atoms with van der Waals surface area (Å²) in [6.45, 7) is 0. The Balaban J connectivity index is 2.33. The third-order valence-electron chi connectivity index (χ3n) is 2.81. The van der Waals surface area contributed by atoms with Crippen LogP contribution in [0, 0.1) is 0 Å². The van der Waals surface area contributed by atoms with Crippen LogP contribution in [0.3, 0.4) is 0 Å². The second-order valence-electron chi connectivity index (χ2n) is 4.12. The number of aromatic nitrogens is 1. The molecule has 0 saturated carbocycles. The van der Waals surface area contributed by atoms with E-state index in [1.807, 2.05) is 6.07 Å². The average Bonchev–Trinajstić information content (AvgIpc) is 2.34. The Kier molecular flexibility index (Phi) is 3.52. The standard InChI is InChI=1S/C13H13F3N2/c1-17-12(8-13(14,15)16)10-4-5-11-9(7-10)3-2-6-18-11/h2-7,12,17H,8H2,1H3. The molecule has 1 aromatic heterocycles. The van der Waals surface area contributed by atoms with Crippen molar-refractivity contribution >= 4 is 10.9 Å². The van der Waals surface area contributed by atoms with Crippen LogP contribution in [0.2, 0.25) is 0 Å². The molecule has 18 heavy (non-hydrogen) atoms. The van der Waals surface area contributed by atoms with E-state index in [0.717, 1.165) is 10.9 Å². The van der Waals surface area contributed by atoms with Crippen LogP contribution in [0.4, 0.5) is 13.2 Å². The van der Waals surface area contributed by atoms with Crippen molar-refractivity contribution in [1.29, 1.82) is 0 Å². The van der Waals surface area contributed by atoms with Crippen molar-refractivity contribution in [2.24, 2.45) is 0 Å². The van der Waals surface area contributed by atoms with Crippen molar-refractivity contribution in [2.75, 3.05) is 7.05 Å². The molecule has 0 fully saturated rings. The number of fused-ring (bicyclic) bond motifs is 1. The lowest BCUT2D eigenvalue weighted by molar-refractivity contribution is -0.140. The molecule has 0 radical (unpaired) electrons. The lowest BCUT2D eigenvalue weighted by Gasteiger charge is -2.18. The van der Waals surface area contributed by atoms with Gasteiger partial charge in [-0.15, -0.1) is 0 Å². The summed E-state index contributed by atoms with van der Waals surface area (Å²) < 4.78 is 37.3. The fourth-order valence-electron chi connectivity index (χ4n) is 1.93. The Labute approximate surface area is 103 Å². The molecule has 0 aliphatic rings. The third-order valence-corrected chi connectivity index (χ3v) is 2.81. The second-order valence-corrected chi connectivity index (χ2v) is 4.12. The summed E-state index contributed by atoms with van der Waals surface area (Å²) in [7, 11) is 1.53. The van der Waals surface area contributed by atoms with Crippen LogP contribution in [0.25, 0.3) is 10.9 Å². The summed E-state index contributed by atoms with van der Waals surface area (Å²) in [4.78, 5) is 4.14. The van der Waals surface area contributed by atoms with Gasteiger partial charge >= 0.3 is 6.18 Å². The highest BCUT2D eigenvalue weighted by Crippen LogP contribution is 2.30. The Morgan fingerprint density at radius 1 is 1.28 bits per heavy atom. The molecule has 0 saturated heterocycles. The molecule has 2 rings (SSSR count). The quantitative estimate of drug-likeness (QED) is 0.907. The summed E-state index contributed by atoms with van der Waals surface area (Å²) in [5.41, 5.74) is 1.40. The molecule has 1 aromatic carbocycles. The summed E-state index contributed by atoms with van der Waals surface area (Å²) in [5.74, 6) is 0. The largest absolute Gasteiger partial charge is 0.390 e. The smallest absolute Gasteiger partial charge is 0.313 e. The Bertz CT molecular complexity index is 537. The van der Waals surface area contributed by atoms with E-state index in [4.69, 9.17) is 0 Å². The number of rotatable bonds is 3. The monoisotopic (exact) mass is 254 g/mol. The topological polar surface area (TPSA) is 24.9 Å². The van der Waals surface area contributed by atoms with Gasteiger partial charge in [0.2, 0.25) is 0 Å². The number of hydrogen-bond acceptors (Lipinski definition) is 2. The number of nitrogens with one attached hydrogen (secondary N) is 1. The Morgan fingerprint density at radius 2 is 2.06 bits per heavy atom. The molecule has 1 N–H and O–H groups in total. The van der Waals surface area contributed by atoms with E-state index in [2.05, 4.69) is 10.3 Å². The minimum absolute atomic E-state index is 0.621. The molecule has 1 atom stereocenters. The third kappa shape index (κ3) is 2.98. The van der Waals surface area contributed by atoms with E-state index in [-0.39, 0.29) is 0 Å². The summed E-state index contributed by atoms with van der Waals surface area (Å²) in [5, 5.41) is 3.54. The minimum Gasteiger partial charge on any atom is -0.313 e. The van der Waals surface area contributed by atoms with Crippen molar-refractivity contribution in [3.63, 3.8) is 0 Å². The maximum Gasteiger partial charge on any atom is 0.390 e. The van der Waals surface area contributed by atoms with Gasteiger partial charge in [-0.05, 0) is 30.8 Å². The molecule has 0 bridgehead atoms. The maximum absolute atomic E-state index is 12.4. The molecule has 0 spiro atoms. The maximum atomic E-state index is 12.4. The highest BCUT2D eigenvalue weighted by atomic mass is 19.4. The molecule has 2 nitrogen and oxygen atoms in total. The Hall–Kier alpha value is -1.62. The van der Waals surface area contributed by atoms with Crippen LogP contribution in [-0.4, -0.2) is 18.2 Å². The molecule has 5 heteroatoms. The molecule has 0 aliphatic heterocycles. The number of pyridine rings is 1. The van der Waals surface area contributed by atoms with Crippen molar-refractivity contribution in [3.8, 4) is 0 Å². The molecule has 0 aliphatic carbocycles. The normalized spacial score (nSPS) is 13.8. The van der Waals surface area contributed by atoms with E-state index in [1.54, 1.807) is 30.5 Å². The first kappa shape index (κ1) is 12.8. The van der Waals surface area contributed by atoms with Crippen LogP contribution in [0.5, 0.6) is 0 Å². The van der Waals surface area contributed by atoms with E-state index in [0.29, 0.717) is 5.56 Å². The summed E-state index contributed by atoms with van der Waals surface area (Å²) >= 11 is 0. The zero-order valence-corrected chi connectivity index (χ0v) is 9.83. The lowest BCUT2D eigenvalue weighted by Crippen LogP contribution is -2.23. The van der Waals surface area contributed by atoms with Gasteiger partial charge in [-0.3, -0.25) is 4.98 Å². The fraction of sp³-hybridized carbons (Fsp3) is 0.308. The lowest BCUT2D eigenvalue weighted by atomic mass is 10.0. The zero-order chi connectivity index (χ0) is 13.2. The number of benzene rings is 1. The number of halogens is 3. The fourth-order valence-corrected chi connectivity index (χ4v) is 1.93. The van der Waals surface area contributed by atoms with Gasteiger partial charge in [0.25, 0.3) is 0 Å². The van der Waals surface area contributed by atoms with Gasteiger partial charge < -0.3 is 5.32 Å². The number of hydrogen-bond donors (Lipinski definition) is 1. The van der Waals surface area contributed by atoms with Crippen LogP contribution < -0.4 is 5.32 Å². The molecule has 1 heterocycles. The van der Waals surface area contributed by atoms with Gasteiger partial charge in [-0.2, -0.15) is 13.2 Å². The van der Waals surface area contributed by atoms with Crippen LogP contribution >= 0.6 is 0 Å². The number of alkyl halides is 3. The first-order valence-electron chi connectivity index (χ1n) is 5.58. The molecular weight excluding hydrogens is 241 g/mol. The SMILES string of the molecule is CNC(CC(F)(F)F)c1ccc2ncccc2c1. The van der Waals surface area contributed by atoms with E-state index < -0.39 is 18.6 Å². The van der Waals surface area contributed by atoms with Crippen LogP contribution in [0.15, 0.2) is 36.5 Å². The molecular formula is C13H13F3N2. The predicted octanol–water partition coefficient (Wildman–Crippen LogP) is 3.45. The van der Waals surface area contributed by atoms with E-state index >= 15 is 0 Å². The van der Waals surface area contributed by atoms with Crippen molar-refractivity contribution in [1.82, 2.24) is 10.3 Å². The van der Waals surface area contributed by atoms with Gasteiger partial charge in [0.1, 0.15) is 0 Å². The average molecular weight is 254 g/mol. The first-order valence-corrected chi connectivity index (χ1v) is 5.58. The van der Waals surface area contributed by atoms with Gasteiger partial charge in [0.15, 0.2) is 0 Å². The van der Waals surface area contributed by atoms with Crippen LogP contribution in [0.1, 0.15) is 18.0 Å². The van der Waals surface area contributed by atoms with Crippen LogP contribution in [-0.2, 0) is 0 Å². The van der Waals surface area contributed by atoms with Gasteiger partial charge in [0, 0.05) is 17.6 Å². The van der Waals surface area contributed by atoms with Crippen molar-refractivity contribution in [2.45, 2.75) is 18.6 Å². The van der Waals surface area contributed by atoms with E-state index in [1.165, 1.54) is 7.05 Å². The predicted molar refractivity (Wildman–Crippen MR) is 64.2 cm³/mol. The zero-order valence-electron chi connectivity index (χ0n) is 9.83. The Morgan fingerprint density at radius 3 is 2.72 bits per heavy atom. The van der Waals surface area contributed by atoms with Gasteiger partial charge in [-0.1, -0.05) is 12.1 Å². The highest BCUT2D eigenvalue weighted by Gasteiger charge is 2.31. The minimum atomic E-state index is -4.18. The van der Waals surface area contributed by atoms with E-state index in [9.17, 15) is 13.2 Å². The molecule has 0 amide bonds.